The van der Waals surface area contributed by atoms with Gasteiger partial charge in [0, 0.05) is 12.8 Å². The van der Waals surface area contributed by atoms with E-state index in [4.69, 9.17) is 18.9 Å². The van der Waals surface area contributed by atoms with Crippen molar-refractivity contribution in [1.82, 2.24) is 0 Å². The van der Waals surface area contributed by atoms with E-state index in [1.54, 1.807) is 0 Å². The van der Waals surface area contributed by atoms with Gasteiger partial charge in [-0.15, -0.1) is 0 Å². The third-order valence-electron chi connectivity index (χ3n) is 9.84. The molecule has 0 bridgehead atoms. The second kappa shape index (κ2) is 38.3. The molecule has 1 fully saturated rings. The van der Waals surface area contributed by atoms with E-state index < -0.39 is 55.4 Å². The number of unbranched alkanes of at least 4 members (excludes halogenated alkanes) is 13. The van der Waals surface area contributed by atoms with Gasteiger partial charge in [0.2, 0.25) is 0 Å². The lowest BCUT2D eigenvalue weighted by atomic mass is 9.99. The molecule has 10 heteroatoms. The molecule has 0 saturated carbocycles. The summed E-state index contributed by atoms with van der Waals surface area (Å²) in [6.45, 7) is 3.22. The average Bonchev–Trinajstić information content (AvgIpc) is 3.22. The zero-order chi connectivity index (χ0) is 42.3. The largest absolute Gasteiger partial charge is 0.462 e. The molecule has 0 aromatic rings. The van der Waals surface area contributed by atoms with Gasteiger partial charge < -0.3 is 39.4 Å². The van der Waals surface area contributed by atoms with Gasteiger partial charge in [-0.05, 0) is 70.6 Å². The number of hydrogen-bond donors (Lipinski definition) is 4. The maximum absolute atomic E-state index is 12.7. The Morgan fingerprint density at radius 3 is 1.60 bits per heavy atom. The topological polar surface area (TPSA) is 152 Å². The summed E-state index contributed by atoms with van der Waals surface area (Å²) in [7, 11) is 0. The minimum absolute atomic E-state index is 0.118. The predicted octanol–water partition coefficient (Wildman–Crippen LogP) is 9.61. The van der Waals surface area contributed by atoms with Gasteiger partial charge in [0.25, 0.3) is 0 Å². The first-order chi connectivity index (χ1) is 28.3. The van der Waals surface area contributed by atoms with Crippen molar-refractivity contribution in [3.8, 4) is 0 Å². The molecule has 6 atom stereocenters. The zero-order valence-corrected chi connectivity index (χ0v) is 36.0. The molecule has 0 amide bonds. The molecule has 1 aliphatic heterocycles. The quantitative estimate of drug-likeness (QED) is 0.0273. The first-order valence-corrected chi connectivity index (χ1v) is 22.5. The maximum Gasteiger partial charge on any atom is 0.306 e. The fraction of sp³-hybridized carbons (Fsp3) is 0.708. The molecule has 0 aromatic heterocycles. The Kier molecular flexibility index (Phi) is 35.1. The number of ether oxygens (including phenoxy) is 4. The fourth-order valence-electron chi connectivity index (χ4n) is 6.29. The summed E-state index contributed by atoms with van der Waals surface area (Å²) >= 11 is 0. The van der Waals surface area contributed by atoms with Crippen molar-refractivity contribution in [1.29, 1.82) is 0 Å². The Morgan fingerprint density at radius 1 is 0.552 bits per heavy atom. The SMILES string of the molecule is CC/C=C/C/C=C/C/C=C/C/C=C/CCCCCCCCCC(=O)OCC(CO[C@H]1O[C@@H](CO)[C@@H](O)C(O)C1O)OC(=O)CC/C=C/C/C=C/CCCCCCCC. The molecule has 3 unspecified atom stereocenters. The standard InChI is InChI=1S/C48H80O10/c1-3-5-7-9-11-13-15-17-18-19-20-21-22-23-25-26-28-30-32-34-36-43(50)55-39-41(40-56-48-47(54)46(53)45(52)42(38-49)58-48)57-44(51)37-35-33-31-29-27-24-16-14-12-10-8-6-4-2/h5,7,11,13,17-18,20-21,24,27,31,33,41-42,45-49,52-54H,3-4,6,8-10,12,14-16,19,22-23,25-26,28-30,32,34-40H2,1-2H3/b7-5+,13-11+,18-17+,21-20+,27-24+,33-31+/t41?,42-,45+,46?,47?,48-/m0/s1. The first-order valence-electron chi connectivity index (χ1n) is 22.5. The van der Waals surface area contributed by atoms with E-state index in [9.17, 15) is 30.0 Å². The van der Waals surface area contributed by atoms with Crippen LogP contribution in [0.4, 0.5) is 0 Å². The predicted molar refractivity (Wildman–Crippen MR) is 233 cm³/mol. The average molecular weight is 817 g/mol. The maximum atomic E-state index is 12.7. The summed E-state index contributed by atoms with van der Waals surface area (Å²) in [5.41, 5.74) is 0. The Bertz CT molecular complexity index is 1170. The van der Waals surface area contributed by atoms with E-state index in [-0.39, 0.29) is 26.1 Å². The van der Waals surface area contributed by atoms with Crippen molar-refractivity contribution in [2.75, 3.05) is 19.8 Å². The third-order valence-corrected chi connectivity index (χ3v) is 9.84. The van der Waals surface area contributed by atoms with Crippen LogP contribution in [-0.2, 0) is 28.5 Å². The van der Waals surface area contributed by atoms with Gasteiger partial charge in [-0.2, -0.15) is 0 Å². The highest BCUT2D eigenvalue weighted by atomic mass is 16.7. The van der Waals surface area contributed by atoms with E-state index in [1.807, 2.05) is 12.2 Å². The Hall–Kier alpha value is -2.86. The van der Waals surface area contributed by atoms with Crippen LogP contribution in [0.2, 0.25) is 0 Å². The Morgan fingerprint density at radius 2 is 1.05 bits per heavy atom. The van der Waals surface area contributed by atoms with Crippen LogP contribution in [-0.4, -0.2) is 89.0 Å². The van der Waals surface area contributed by atoms with Gasteiger partial charge in [-0.1, -0.05) is 151 Å². The molecule has 58 heavy (non-hydrogen) atoms. The fourth-order valence-corrected chi connectivity index (χ4v) is 6.29. The number of rotatable bonds is 36. The van der Waals surface area contributed by atoms with Crippen molar-refractivity contribution in [3.05, 3.63) is 72.9 Å². The third kappa shape index (κ3) is 29.4. The highest BCUT2D eigenvalue weighted by Crippen LogP contribution is 2.22. The molecule has 332 valence electrons. The number of hydrogen-bond acceptors (Lipinski definition) is 10. The van der Waals surface area contributed by atoms with Crippen LogP contribution in [0.25, 0.3) is 0 Å². The molecular formula is C48H80O10. The van der Waals surface area contributed by atoms with Crippen LogP contribution in [0.15, 0.2) is 72.9 Å². The highest BCUT2D eigenvalue weighted by molar-refractivity contribution is 5.70. The molecule has 0 spiro atoms. The van der Waals surface area contributed by atoms with Gasteiger partial charge in [0.1, 0.15) is 31.0 Å². The molecule has 1 heterocycles. The van der Waals surface area contributed by atoms with Crippen LogP contribution in [0.5, 0.6) is 0 Å². The van der Waals surface area contributed by atoms with Crippen molar-refractivity contribution in [3.63, 3.8) is 0 Å². The molecule has 0 radical (unpaired) electrons. The van der Waals surface area contributed by atoms with Crippen molar-refractivity contribution in [2.45, 2.75) is 198 Å². The lowest BCUT2D eigenvalue weighted by Gasteiger charge is -2.39. The Balaban J connectivity index is 2.35. The summed E-state index contributed by atoms with van der Waals surface area (Å²) in [6, 6.07) is 0. The van der Waals surface area contributed by atoms with Gasteiger partial charge in [-0.25, -0.2) is 0 Å². The van der Waals surface area contributed by atoms with Crippen molar-refractivity contribution < 1.29 is 49.0 Å². The summed E-state index contributed by atoms with van der Waals surface area (Å²) in [4.78, 5) is 25.3. The van der Waals surface area contributed by atoms with E-state index in [2.05, 4.69) is 74.6 Å². The second-order valence-corrected chi connectivity index (χ2v) is 15.1. The molecule has 1 aliphatic rings. The summed E-state index contributed by atoms with van der Waals surface area (Å²) in [6.07, 6.45) is 40.6. The number of esters is 2. The van der Waals surface area contributed by atoms with Crippen LogP contribution in [0, 0.1) is 0 Å². The number of aliphatic hydroxyl groups excluding tert-OH is 4. The zero-order valence-electron chi connectivity index (χ0n) is 36.0. The molecule has 1 rings (SSSR count). The van der Waals surface area contributed by atoms with E-state index in [1.165, 1.54) is 57.8 Å². The minimum Gasteiger partial charge on any atom is -0.462 e. The lowest BCUT2D eigenvalue weighted by Crippen LogP contribution is -2.59. The molecule has 10 nitrogen and oxygen atoms in total. The van der Waals surface area contributed by atoms with Crippen LogP contribution in [0.3, 0.4) is 0 Å². The van der Waals surface area contributed by atoms with Gasteiger partial charge in [0.15, 0.2) is 12.4 Å². The number of carbonyl (C=O) groups excluding carboxylic acids is 2. The lowest BCUT2D eigenvalue weighted by molar-refractivity contribution is -0.305. The van der Waals surface area contributed by atoms with Gasteiger partial charge >= 0.3 is 11.9 Å². The molecule has 0 aliphatic carbocycles. The number of allylic oxidation sites excluding steroid dienone is 12. The normalized spacial score (nSPS) is 20.8. The van der Waals surface area contributed by atoms with Crippen LogP contribution in [0.1, 0.15) is 162 Å². The number of aliphatic hydroxyl groups is 4. The first kappa shape index (κ1) is 53.2. The summed E-state index contributed by atoms with van der Waals surface area (Å²) in [5, 5.41) is 40.0. The monoisotopic (exact) mass is 817 g/mol. The van der Waals surface area contributed by atoms with E-state index in [0.29, 0.717) is 12.8 Å². The molecule has 0 aromatic carbocycles. The van der Waals surface area contributed by atoms with Crippen LogP contribution < -0.4 is 0 Å². The van der Waals surface area contributed by atoms with Gasteiger partial charge in [0.05, 0.1) is 13.2 Å². The second-order valence-electron chi connectivity index (χ2n) is 15.1. The molecule has 1 saturated heterocycles. The van der Waals surface area contributed by atoms with Crippen LogP contribution >= 0.6 is 0 Å². The summed E-state index contributed by atoms with van der Waals surface area (Å²) in [5.74, 6) is -0.903. The van der Waals surface area contributed by atoms with Crippen molar-refractivity contribution in [2.24, 2.45) is 0 Å². The van der Waals surface area contributed by atoms with E-state index >= 15 is 0 Å². The Labute approximate surface area is 351 Å². The smallest absolute Gasteiger partial charge is 0.306 e. The minimum atomic E-state index is -1.61. The highest BCUT2D eigenvalue weighted by Gasteiger charge is 2.44. The van der Waals surface area contributed by atoms with E-state index in [0.717, 1.165) is 64.2 Å². The van der Waals surface area contributed by atoms with Gasteiger partial charge in [-0.3, -0.25) is 9.59 Å². The molecular weight excluding hydrogens is 737 g/mol. The summed E-state index contributed by atoms with van der Waals surface area (Å²) < 4.78 is 22.1. The van der Waals surface area contributed by atoms with Crippen molar-refractivity contribution >= 4 is 11.9 Å². The molecule has 4 N–H and O–H groups in total. The number of carbonyl (C=O) groups is 2.